The Hall–Kier alpha value is -2.80. The Bertz CT molecular complexity index is 1610. The summed E-state index contributed by atoms with van der Waals surface area (Å²) in [6, 6.07) is 18.9. The zero-order valence-corrected chi connectivity index (χ0v) is 25.1. The van der Waals surface area contributed by atoms with Crippen molar-refractivity contribution in [3.63, 3.8) is 0 Å². The highest BCUT2D eigenvalue weighted by atomic mass is 79.9. The molecule has 192 valence electrons. The fraction of sp³-hybridized carbons (Fsp3) is 0.241. The molecule has 1 aliphatic carbocycles. The van der Waals surface area contributed by atoms with E-state index >= 15 is 0 Å². The van der Waals surface area contributed by atoms with E-state index in [9.17, 15) is 10.1 Å². The van der Waals surface area contributed by atoms with Crippen molar-refractivity contribution < 1.29 is 4.74 Å². The second-order valence-corrected chi connectivity index (χ2v) is 11.8. The number of fused-ring (bicyclic) bond motifs is 1. The van der Waals surface area contributed by atoms with Crippen molar-refractivity contribution in [1.29, 1.82) is 5.26 Å². The van der Waals surface area contributed by atoms with Gasteiger partial charge in [-0.05, 0) is 86.7 Å². The van der Waals surface area contributed by atoms with Crippen LogP contribution in [0.1, 0.15) is 60.5 Å². The fourth-order valence-corrected chi connectivity index (χ4v) is 6.54. The smallest absolute Gasteiger partial charge is 0.282 e. The summed E-state index contributed by atoms with van der Waals surface area (Å²) in [5.41, 5.74) is 2.69. The van der Waals surface area contributed by atoms with E-state index in [0.717, 1.165) is 56.1 Å². The third kappa shape index (κ3) is 5.78. The highest BCUT2D eigenvalue weighted by Crippen LogP contribution is 2.35. The second-order valence-electron chi connectivity index (χ2n) is 9.20. The normalized spacial score (nSPS) is 14.2. The maximum Gasteiger partial charge on any atom is 0.282 e. The molecule has 5 rings (SSSR count). The highest BCUT2D eigenvalue weighted by Gasteiger charge is 2.22. The lowest BCUT2D eigenvalue weighted by atomic mass is 9.88. The Labute approximate surface area is 245 Å². The molecule has 0 unspecified atom stereocenters. The van der Waals surface area contributed by atoms with Crippen molar-refractivity contribution in [2.45, 2.75) is 44.6 Å². The molecular weight excluding hydrogens is 676 g/mol. The van der Waals surface area contributed by atoms with Gasteiger partial charge in [0.25, 0.3) is 5.56 Å². The van der Waals surface area contributed by atoms with Crippen LogP contribution in [0.3, 0.4) is 0 Å². The minimum Gasteiger partial charge on any atom is -0.486 e. The van der Waals surface area contributed by atoms with Gasteiger partial charge in [0, 0.05) is 16.0 Å². The lowest BCUT2D eigenvalue weighted by molar-refractivity contribution is 0.302. The molecule has 0 radical (unpaired) electrons. The first-order valence-corrected chi connectivity index (χ1v) is 14.7. The first-order valence-electron chi connectivity index (χ1n) is 12.3. The molecular formula is C29H23Br3N4O2. The van der Waals surface area contributed by atoms with Gasteiger partial charge in [0.2, 0.25) is 0 Å². The topological polar surface area (TPSA) is 80.3 Å². The number of nitriles is 1. The van der Waals surface area contributed by atoms with Gasteiger partial charge in [-0.15, -0.1) is 0 Å². The molecule has 0 amide bonds. The molecule has 0 aliphatic heterocycles. The molecule has 38 heavy (non-hydrogen) atoms. The van der Waals surface area contributed by atoms with Gasteiger partial charge in [-0.1, -0.05) is 53.4 Å². The van der Waals surface area contributed by atoms with Crippen molar-refractivity contribution in [2.75, 3.05) is 0 Å². The van der Waals surface area contributed by atoms with Crippen LogP contribution in [0.2, 0.25) is 0 Å². The van der Waals surface area contributed by atoms with E-state index in [1.807, 2.05) is 42.5 Å². The molecule has 0 spiro atoms. The summed E-state index contributed by atoms with van der Waals surface area (Å²) in [5.74, 6) is 1.54. The molecule has 6 nitrogen and oxygen atoms in total. The summed E-state index contributed by atoms with van der Waals surface area (Å²) in [6.07, 6.45) is 7.14. The Kier molecular flexibility index (Phi) is 8.42. The molecule has 0 N–H and O–H groups in total. The zero-order valence-electron chi connectivity index (χ0n) is 20.3. The zero-order chi connectivity index (χ0) is 26.6. The summed E-state index contributed by atoms with van der Waals surface area (Å²) in [6.45, 7) is 0.257. The number of nitrogens with zero attached hydrogens (tertiary/aromatic N) is 4. The van der Waals surface area contributed by atoms with Crippen LogP contribution in [-0.2, 0) is 6.61 Å². The van der Waals surface area contributed by atoms with Crippen molar-refractivity contribution in [1.82, 2.24) is 9.66 Å². The standard InChI is InChI=1S/C29H23Br3N4O2/c30-22-10-11-26-23(14-22)29(37)36(28(35-26)19-6-2-1-3-7-19)34-16-18-12-24(31)27(25(32)13-18)38-17-21-9-5-4-8-20(21)15-33/h4-5,8-14,16,19H,1-3,6-7,17H2. The summed E-state index contributed by atoms with van der Waals surface area (Å²) in [7, 11) is 0. The molecule has 1 saturated carbocycles. The Morgan fingerprint density at radius 1 is 1.05 bits per heavy atom. The third-order valence-corrected chi connectivity index (χ3v) is 8.33. The molecule has 1 heterocycles. The predicted octanol–water partition coefficient (Wildman–Crippen LogP) is 8.06. The van der Waals surface area contributed by atoms with E-state index in [4.69, 9.17) is 9.72 Å². The summed E-state index contributed by atoms with van der Waals surface area (Å²) >= 11 is 10.7. The van der Waals surface area contributed by atoms with E-state index in [1.165, 1.54) is 11.1 Å². The lowest BCUT2D eigenvalue weighted by Crippen LogP contribution is -2.25. The molecule has 1 fully saturated rings. The molecule has 3 aromatic carbocycles. The number of hydrogen-bond donors (Lipinski definition) is 0. The number of aromatic nitrogens is 2. The molecule has 0 atom stereocenters. The monoisotopic (exact) mass is 696 g/mol. The van der Waals surface area contributed by atoms with Crippen LogP contribution >= 0.6 is 47.8 Å². The average molecular weight is 699 g/mol. The summed E-state index contributed by atoms with van der Waals surface area (Å²) in [5, 5.41) is 14.5. The number of halogens is 3. The molecule has 0 bridgehead atoms. The van der Waals surface area contributed by atoms with E-state index in [0.29, 0.717) is 22.2 Å². The van der Waals surface area contributed by atoms with Gasteiger partial charge in [0.15, 0.2) is 0 Å². The van der Waals surface area contributed by atoms with Gasteiger partial charge in [0.1, 0.15) is 18.2 Å². The predicted molar refractivity (Wildman–Crippen MR) is 160 cm³/mol. The molecule has 1 aromatic heterocycles. The Morgan fingerprint density at radius 3 is 2.53 bits per heavy atom. The second kappa shape index (κ2) is 11.9. The first kappa shape index (κ1) is 26.8. The van der Waals surface area contributed by atoms with Crippen molar-refractivity contribution in [2.24, 2.45) is 5.10 Å². The average Bonchev–Trinajstić information content (AvgIpc) is 2.93. The van der Waals surface area contributed by atoms with Crippen molar-refractivity contribution >= 4 is 64.9 Å². The minimum atomic E-state index is -0.178. The van der Waals surface area contributed by atoms with Crippen LogP contribution in [0.15, 0.2) is 77.9 Å². The quantitative estimate of drug-likeness (QED) is 0.191. The van der Waals surface area contributed by atoms with Gasteiger partial charge in [-0.2, -0.15) is 15.0 Å². The summed E-state index contributed by atoms with van der Waals surface area (Å²) in [4.78, 5) is 18.4. The number of benzene rings is 3. The minimum absolute atomic E-state index is 0.178. The van der Waals surface area contributed by atoms with E-state index < -0.39 is 0 Å². The van der Waals surface area contributed by atoms with Crippen LogP contribution in [0.5, 0.6) is 5.75 Å². The van der Waals surface area contributed by atoms with E-state index in [-0.39, 0.29) is 18.1 Å². The maximum absolute atomic E-state index is 13.6. The summed E-state index contributed by atoms with van der Waals surface area (Å²) < 4.78 is 9.77. The van der Waals surface area contributed by atoms with Crippen LogP contribution in [0.25, 0.3) is 10.9 Å². The highest BCUT2D eigenvalue weighted by molar-refractivity contribution is 9.11. The third-order valence-electron chi connectivity index (χ3n) is 6.66. The van der Waals surface area contributed by atoms with Crippen LogP contribution < -0.4 is 10.3 Å². The number of ether oxygens (including phenoxy) is 1. The Balaban J connectivity index is 1.47. The molecule has 1 aliphatic rings. The van der Waals surface area contributed by atoms with Crippen molar-refractivity contribution in [3.05, 3.63) is 101 Å². The van der Waals surface area contributed by atoms with Crippen molar-refractivity contribution in [3.8, 4) is 11.8 Å². The van der Waals surface area contributed by atoms with Crippen LogP contribution in [0.4, 0.5) is 0 Å². The van der Waals surface area contributed by atoms with Gasteiger partial charge >= 0.3 is 0 Å². The van der Waals surface area contributed by atoms with Gasteiger partial charge < -0.3 is 4.74 Å². The largest absolute Gasteiger partial charge is 0.486 e. The lowest BCUT2D eigenvalue weighted by Gasteiger charge is -2.22. The van der Waals surface area contributed by atoms with E-state index in [2.05, 4.69) is 59.0 Å². The maximum atomic E-state index is 13.6. The molecule has 0 saturated heterocycles. The van der Waals surface area contributed by atoms with Gasteiger partial charge in [0.05, 0.1) is 37.7 Å². The van der Waals surface area contributed by atoms with Crippen LogP contribution in [0, 0.1) is 11.3 Å². The number of hydrogen-bond acceptors (Lipinski definition) is 5. The fourth-order valence-electron chi connectivity index (χ4n) is 4.72. The van der Waals surface area contributed by atoms with Crippen LogP contribution in [-0.4, -0.2) is 15.9 Å². The molecule has 4 aromatic rings. The Morgan fingerprint density at radius 2 is 1.79 bits per heavy atom. The number of rotatable bonds is 6. The first-order chi connectivity index (χ1) is 18.4. The van der Waals surface area contributed by atoms with Gasteiger partial charge in [-0.3, -0.25) is 4.79 Å². The molecule has 9 heteroatoms. The SMILES string of the molecule is N#Cc1ccccc1COc1c(Br)cc(C=Nn2c(C3CCCCC3)nc3ccc(Br)cc3c2=O)cc1Br. The van der Waals surface area contributed by atoms with Gasteiger partial charge in [-0.25, -0.2) is 4.98 Å². The van der Waals surface area contributed by atoms with E-state index in [1.54, 1.807) is 18.3 Å².